The summed E-state index contributed by atoms with van der Waals surface area (Å²) in [5, 5.41) is 24.9. The molecule has 6 rings (SSSR count). The molecular weight excluding hydrogens is 634 g/mol. The smallest absolute Gasteiger partial charge is 0.408 e. The number of nitrogens with zero attached hydrogens (tertiary/aromatic N) is 2. The van der Waals surface area contributed by atoms with Crippen molar-refractivity contribution >= 4 is 35.4 Å². The van der Waals surface area contributed by atoms with Crippen molar-refractivity contribution in [3.05, 3.63) is 131 Å². The van der Waals surface area contributed by atoms with Gasteiger partial charge in [-0.05, 0) is 34.9 Å². The summed E-state index contributed by atoms with van der Waals surface area (Å²) in [5.74, 6) is -0.682. The van der Waals surface area contributed by atoms with Crippen LogP contribution in [-0.2, 0) is 37.0 Å². The molecule has 12 heteroatoms. The maximum atomic E-state index is 13.4. The number of aliphatic hydroxyl groups is 1. The molecule has 2 fully saturated rings. The number of hydrogen-bond donors (Lipinski definition) is 2. The van der Waals surface area contributed by atoms with Crippen LogP contribution in [0.1, 0.15) is 48.0 Å². The SMILES string of the molecule is C[C@@H]1[C@H](CSc2cccc[n+]2[O-])O[C@H](c2cccc(N3C(=O)CC(NC(=O)OCc4ccccc4)C3=O)c2)O[C@@H]1c1ccc(CO)cc1. The van der Waals surface area contributed by atoms with E-state index in [-0.39, 0.29) is 31.7 Å². The molecule has 1 unspecified atom stereocenters. The highest BCUT2D eigenvalue weighted by molar-refractivity contribution is 7.99. The molecule has 11 nitrogen and oxygen atoms in total. The lowest BCUT2D eigenvalue weighted by atomic mass is 9.91. The molecule has 3 amide bonds. The van der Waals surface area contributed by atoms with E-state index in [2.05, 4.69) is 5.32 Å². The predicted molar refractivity (Wildman–Crippen MR) is 176 cm³/mol. The number of pyridine rings is 1. The van der Waals surface area contributed by atoms with Crippen LogP contribution in [0.4, 0.5) is 10.5 Å². The highest BCUT2D eigenvalue weighted by Crippen LogP contribution is 2.43. The number of benzene rings is 3. The van der Waals surface area contributed by atoms with Crippen LogP contribution in [-0.4, -0.2) is 40.9 Å². The first kappa shape index (κ1) is 33.2. The number of alkyl carbamates (subject to hydrolysis) is 1. The Balaban J connectivity index is 1.19. The second-order valence-electron chi connectivity index (χ2n) is 11.6. The van der Waals surface area contributed by atoms with E-state index in [0.29, 0.717) is 22.0 Å². The molecule has 4 aromatic rings. The quantitative estimate of drug-likeness (QED) is 0.104. The lowest BCUT2D eigenvalue weighted by Crippen LogP contribution is -2.42. The van der Waals surface area contributed by atoms with Crippen molar-refractivity contribution in [2.24, 2.45) is 5.92 Å². The zero-order valence-electron chi connectivity index (χ0n) is 26.1. The van der Waals surface area contributed by atoms with E-state index in [1.54, 1.807) is 42.5 Å². The second-order valence-corrected chi connectivity index (χ2v) is 12.7. The topological polar surface area (TPSA) is 141 Å². The Labute approximate surface area is 282 Å². The van der Waals surface area contributed by atoms with E-state index >= 15 is 0 Å². The van der Waals surface area contributed by atoms with Crippen molar-refractivity contribution in [2.75, 3.05) is 10.7 Å². The van der Waals surface area contributed by atoms with Gasteiger partial charge in [-0.3, -0.25) is 9.59 Å². The third kappa shape index (κ3) is 7.52. The number of anilines is 1. The zero-order valence-corrected chi connectivity index (χ0v) is 27.0. The predicted octanol–water partition coefficient (Wildman–Crippen LogP) is 4.95. The van der Waals surface area contributed by atoms with Gasteiger partial charge in [0, 0.05) is 29.4 Å². The first-order valence-electron chi connectivity index (χ1n) is 15.6. The molecule has 0 bridgehead atoms. The van der Waals surface area contributed by atoms with Crippen LogP contribution < -0.4 is 14.9 Å². The number of amides is 3. The molecule has 2 saturated heterocycles. The van der Waals surface area contributed by atoms with Crippen molar-refractivity contribution in [2.45, 2.75) is 56.1 Å². The highest BCUT2D eigenvalue weighted by Gasteiger charge is 2.42. The van der Waals surface area contributed by atoms with Crippen LogP contribution in [0.2, 0.25) is 0 Å². The molecule has 2 aliphatic heterocycles. The van der Waals surface area contributed by atoms with E-state index in [0.717, 1.165) is 26.3 Å². The number of aromatic nitrogens is 1. The van der Waals surface area contributed by atoms with E-state index in [9.17, 15) is 24.7 Å². The van der Waals surface area contributed by atoms with Gasteiger partial charge in [0.1, 0.15) is 12.6 Å². The fourth-order valence-corrected chi connectivity index (χ4v) is 6.82. The third-order valence-corrected chi connectivity index (χ3v) is 9.47. The van der Waals surface area contributed by atoms with E-state index < -0.39 is 36.3 Å². The summed E-state index contributed by atoms with van der Waals surface area (Å²) in [4.78, 5) is 40.0. The van der Waals surface area contributed by atoms with E-state index in [1.165, 1.54) is 18.0 Å². The van der Waals surface area contributed by atoms with Crippen molar-refractivity contribution in [3.63, 3.8) is 0 Å². The van der Waals surface area contributed by atoms with Gasteiger partial charge in [0.05, 0.1) is 30.9 Å². The number of aliphatic hydroxyl groups excluding tert-OH is 1. The lowest BCUT2D eigenvalue weighted by molar-refractivity contribution is -0.645. The summed E-state index contributed by atoms with van der Waals surface area (Å²) in [6, 6.07) is 27.6. The Bertz CT molecular complexity index is 1760. The molecular formula is C36H35N3O8S. The first-order valence-corrected chi connectivity index (χ1v) is 16.5. The number of imide groups is 1. The van der Waals surface area contributed by atoms with Crippen molar-refractivity contribution in [1.29, 1.82) is 0 Å². The molecule has 248 valence electrons. The van der Waals surface area contributed by atoms with Gasteiger partial charge in [0.15, 0.2) is 12.5 Å². The first-order chi connectivity index (χ1) is 23.3. The van der Waals surface area contributed by atoms with Crippen LogP contribution in [0.3, 0.4) is 0 Å². The lowest BCUT2D eigenvalue weighted by Gasteiger charge is -2.41. The summed E-state index contributed by atoms with van der Waals surface area (Å²) >= 11 is 1.38. The molecule has 1 aromatic heterocycles. The summed E-state index contributed by atoms with van der Waals surface area (Å²) in [7, 11) is 0. The fourth-order valence-electron chi connectivity index (χ4n) is 5.74. The summed E-state index contributed by atoms with van der Waals surface area (Å²) < 4.78 is 19.1. The molecule has 0 saturated carbocycles. The molecule has 3 aromatic carbocycles. The molecule has 0 spiro atoms. The van der Waals surface area contributed by atoms with Gasteiger partial charge in [0.2, 0.25) is 5.91 Å². The summed E-state index contributed by atoms with van der Waals surface area (Å²) in [5.41, 5.74) is 3.37. The monoisotopic (exact) mass is 669 g/mol. The zero-order chi connectivity index (χ0) is 33.6. The van der Waals surface area contributed by atoms with Crippen molar-refractivity contribution in [1.82, 2.24) is 5.32 Å². The fraction of sp³-hybridized carbons (Fsp3) is 0.278. The number of nitrogens with one attached hydrogen (secondary N) is 1. The largest absolute Gasteiger partial charge is 0.618 e. The standard InChI is InChI=1S/C36H35N3O8S/c1-23-30(22-48-32-12-5-6-17-38(32)44)46-35(47-33(23)26-15-13-24(20-40)14-16-26)27-10-7-11-28(18-27)39-31(41)19-29(34(39)42)37-36(43)45-21-25-8-3-2-4-9-25/h2-18,23,29-30,33,35,40H,19-22H2,1H3,(H,37,43)/t23-,29?,30+,33+,35+/m1/s1. The van der Waals surface area contributed by atoms with Crippen LogP contribution in [0.25, 0.3) is 0 Å². The molecule has 2 aliphatic rings. The van der Waals surface area contributed by atoms with Gasteiger partial charge in [-0.1, -0.05) is 85.4 Å². The molecule has 48 heavy (non-hydrogen) atoms. The average molecular weight is 670 g/mol. The Morgan fingerprint density at radius 2 is 1.75 bits per heavy atom. The van der Waals surface area contributed by atoms with Gasteiger partial charge in [-0.25, -0.2) is 9.69 Å². The van der Waals surface area contributed by atoms with E-state index in [1.807, 2.05) is 61.5 Å². The number of thioether (sulfide) groups is 1. The molecule has 0 radical (unpaired) electrons. The van der Waals surface area contributed by atoms with Gasteiger partial charge < -0.3 is 29.8 Å². The molecule has 2 N–H and O–H groups in total. The van der Waals surface area contributed by atoms with Gasteiger partial charge in [-0.2, -0.15) is 4.73 Å². The minimum absolute atomic E-state index is 0.0294. The number of carbonyl (C=O) groups is 3. The van der Waals surface area contributed by atoms with Crippen LogP contribution in [0.5, 0.6) is 0 Å². The normalized spacial score (nSPS) is 22.5. The maximum Gasteiger partial charge on any atom is 0.408 e. The van der Waals surface area contributed by atoms with Crippen LogP contribution in [0, 0.1) is 11.1 Å². The molecule has 3 heterocycles. The second kappa shape index (κ2) is 15.0. The Morgan fingerprint density at radius 3 is 2.50 bits per heavy atom. The molecule has 0 aliphatic carbocycles. The van der Waals surface area contributed by atoms with E-state index in [4.69, 9.17) is 14.2 Å². The van der Waals surface area contributed by atoms with Gasteiger partial charge >= 0.3 is 6.09 Å². The summed E-state index contributed by atoms with van der Waals surface area (Å²) in [6.45, 7) is 1.98. The number of ether oxygens (including phenoxy) is 3. The minimum Gasteiger partial charge on any atom is -0.618 e. The number of hydrogen-bond acceptors (Lipinski definition) is 9. The number of carbonyl (C=O) groups excluding carboxylic acids is 3. The molecule has 5 atom stereocenters. The van der Waals surface area contributed by atoms with Gasteiger partial charge in [-0.15, -0.1) is 0 Å². The Hall–Kier alpha value is -4.75. The Kier molecular flexibility index (Phi) is 10.4. The number of rotatable bonds is 10. The Morgan fingerprint density at radius 1 is 0.979 bits per heavy atom. The average Bonchev–Trinajstić information content (AvgIpc) is 3.39. The van der Waals surface area contributed by atoms with Crippen molar-refractivity contribution < 1.29 is 38.4 Å². The van der Waals surface area contributed by atoms with Crippen LogP contribution in [0.15, 0.2) is 108 Å². The summed E-state index contributed by atoms with van der Waals surface area (Å²) in [6.07, 6.45) is -1.15. The van der Waals surface area contributed by atoms with Crippen molar-refractivity contribution in [3.8, 4) is 0 Å². The van der Waals surface area contributed by atoms with Gasteiger partial charge in [0.25, 0.3) is 10.9 Å². The highest BCUT2D eigenvalue weighted by atomic mass is 32.2. The van der Waals surface area contributed by atoms with Crippen LogP contribution >= 0.6 is 11.8 Å². The maximum absolute atomic E-state index is 13.4. The minimum atomic E-state index is -1.07. The third-order valence-electron chi connectivity index (χ3n) is 8.36.